The number of benzene rings is 4. The number of hydrogen-bond acceptors (Lipinski definition) is 4. The van der Waals surface area contributed by atoms with E-state index in [1.54, 1.807) is 24.3 Å². The van der Waals surface area contributed by atoms with Crippen LogP contribution in [0.3, 0.4) is 0 Å². The predicted octanol–water partition coefficient (Wildman–Crippen LogP) is 6.73. The van der Waals surface area contributed by atoms with Crippen LogP contribution >= 0.6 is 11.8 Å². The van der Waals surface area contributed by atoms with E-state index in [-0.39, 0.29) is 17.0 Å². The van der Waals surface area contributed by atoms with E-state index in [9.17, 15) is 19.5 Å². The number of carbonyl (C=O) groups is 3. The van der Waals surface area contributed by atoms with Gasteiger partial charge in [-0.1, -0.05) is 60.2 Å². The van der Waals surface area contributed by atoms with E-state index in [4.69, 9.17) is 0 Å². The Morgan fingerprint density at radius 3 is 2.05 bits per heavy atom. The molecule has 0 radical (unpaired) electrons. The lowest BCUT2D eigenvalue weighted by Crippen LogP contribution is -2.19. The van der Waals surface area contributed by atoms with Gasteiger partial charge in [0.15, 0.2) is 0 Å². The van der Waals surface area contributed by atoms with E-state index in [2.05, 4.69) is 10.6 Å². The van der Waals surface area contributed by atoms with Crippen molar-refractivity contribution in [2.45, 2.75) is 24.0 Å². The van der Waals surface area contributed by atoms with Gasteiger partial charge in [-0.25, -0.2) is 4.79 Å². The zero-order chi connectivity index (χ0) is 26.4. The van der Waals surface area contributed by atoms with Crippen LogP contribution in [0.1, 0.15) is 42.7 Å². The number of hydrogen-bond donors (Lipinski definition) is 3. The summed E-state index contributed by atoms with van der Waals surface area (Å²) in [5, 5.41) is 14.7. The second kappa shape index (κ2) is 11.6. The van der Waals surface area contributed by atoms with Crippen molar-refractivity contribution in [1.29, 1.82) is 0 Å². The number of nitrogens with one attached hydrogen (secondary N) is 2. The lowest BCUT2D eigenvalue weighted by atomic mass is 10.1. The molecule has 186 valence electrons. The third-order valence-electron chi connectivity index (χ3n) is 5.75. The molecule has 0 spiro atoms. The third kappa shape index (κ3) is 6.45. The summed E-state index contributed by atoms with van der Waals surface area (Å²) < 4.78 is 0. The molecule has 0 saturated heterocycles. The molecule has 0 aliphatic carbocycles. The van der Waals surface area contributed by atoms with Crippen LogP contribution in [-0.2, 0) is 4.79 Å². The van der Waals surface area contributed by atoms with Crippen molar-refractivity contribution in [2.75, 3.05) is 10.6 Å². The van der Waals surface area contributed by atoms with Crippen molar-refractivity contribution in [3.05, 3.63) is 125 Å². The van der Waals surface area contributed by atoms with E-state index < -0.39 is 17.1 Å². The van der Waals surface area contributed by atoms with Gasteiger partial charge in [0, 0.05) is 16.3 Å². The van der Waals surface area contributed by atoms with E-state index in [1.807, 2.05) is 74.5 Å². The Morgan fingerprint density at radius 2 is 1.41 bits per heavy atom. The SMILES string of the molecule is Cc1ccc(NC(=O)C(Sc2ccc(NC(=O)c3ccccc3C(=O)O)cc2)c2ccccc2)c(C)c1. The molecule has 7 heteroatoms. The largest absolute Gasteiger partial charge is 0.478 e. The molecule has 1 atom stereocenters. The summed E-state index contributed by atoms with van der Waals surface area (Å²) >= 11 is 1.41. The summed E-state index contributed by atoms with van der Waals surface area (Å²) in [5.41, 5.74) is 4.31. The highest BCUT2D eigenvalue weighted by molar-refractivity contribution is 8.00. The number of carbonyl (C=O) groups excluding carboxylic acids is 2. The molecule has 0 heterocycles. The molecule has 3 N–H and O–H groups in total. The minimum Gasteiger partial charge on any atom is -0.478 e. The molecular formula is C30H26N2O4S. The molecule has 0 fully saturated rings. The number of aryl methyl sites for hydroxylation is 2. The summed E-state index contributed by atoms with van der Waals surface area (Å²) in [4.78, 5) is 38.3. The average molecular weight is 511 g/mol. The van der Waals surface area contributed by atoms with Crippen molar-refractivity contribution in [3.8, 4) is 0 Å². The number of anilines is 2. The Bertz CT molecular complexity index is 1440. The van der Waals surface area contributed by atoms with Crippen molar-refractivity contribution in [3.63, 3.8) is 0 Å². The molecule has 2 amide bonds. The summed E-state index contributed by atoms with van der Waals surface area (Å²) in [6, 6.07) is 28.6. The van der Waals surface area contributed by atoms with E-state index in [0.29, 0.717) is 5.69 Å². The average Bonchev–Trinajstić information content (AvgIpc) is 2.90. The Hall–Kier alpha value is -4.36. The van der Waals surface area contributed by atoms with Crippen LogP contribution in [0.2, 0.25) is 0 Å². The molecule has 37 heavy (non-hydrogen) atoms. The summed E-state index contributed by atoms with van der Waals surface area (Å²) in [5.74, 6) is -1.80. The first kappa shape index (κ1) is 25.7. The number of amides is 2. The first-order valence-corrected chi connectivity index (χ1v) is 12.5. The topological polar surface area (TPSA) is 95.5 Å². The smallest absolute Gasteiger partial charge is 0.336 e. The second-order valence-corrected chi connectivity index (χ2v) is 9.72. The van der Waals surface area contributed by atoms with Crippen molar-refractivity contribution in [2.24, 2.45) is 0 Å². The van der Waals surface area contributed by atoms with Crippen LogP contribution < -0.4 is 10.6 Å². The minimum atomic E-state index is -1.16. The van der Waals surface area contributed by atoms with Crippen LogP contribution in [0.15, 0.2) is 102 Å². The normalized spacial score (nSPS) is 11.4. The van der Waals surface area contributed by atoms with Crippen LogP contribution in [-0.4, -0.2) is 22.9 Å². The number of rotatable bonds is 8. The lowest BCUT2D eigenvalue weighted by molar-refractivity contribution is -0.115. The monoisotopic (exact) mass is 510 g/mol. The van der Waals surface area contributed by atoms with Gasteiger partial charge in [-0.15, -0.1) is 11.8 Å². The first-order chi connectivity index (χ1) is 17.8. The number of carboxylic acids is 1. The molecule has 4 aromatic carbocycles. The minimum absolute atomic E-state index is 0.0623. The Labute approximate surface area is 219 Å². The van der Waals surface area contributed by atoms with Crippen molar-refractivity contribution >= 4 is 40.9 Å². The molecule has 0 bridgehead atoms. The quantitative estimate of drug-likeness (QED) is 0.229. The van der Waals surface area contributed by atoms with Crippen molar-refractivity contribution < 1.29 is 19.5 Å². The van der Waals surface area contributed by atoms with Gasteiger partial charge >= 0.3 is 5.97 Å². The van der Waals surface area contributed by atoms with Gasteiger partial charge in [0.2, 0.25) is 5.91 Å². The van der Waals surface area contributed by atoms with Gasteiger partial charge < -0.3 is 15.7 Å². The van der Waals surface area contributed by atoms with Crippen LogP contribution in [0.25, 0.3) is 0 Å². The molecule has 0 aromatic heterocycles. The molecule has 0 aliphatic heterocycles. The molecule has 4 rings (SSSR count). The maximum atomic E-state index is 13.4. The highest BCUT2D eigenvalue weighted by atomic mass is 32.2. The maximum absolute atomic E-state index is 13.4. The predicted molar refractivity (Wildman–Crippen MR) is 147 cm³/mol. The Balaban J connectivity index is 1.51. The lowest BCUT2D eigenvalue weighted by Gasteiger charge is -2.18. The summed E-state index contributed by atoms with van der Waals surface area (Å²) in [6.07, 6.45) is 0. The molecule has 0 aliphatic rings. The van der Waals surface area contributed by atoms with Crippen LogP contribution in [0.5, 0.6) is 0 Å². The Morgan fingerprint density at radius 1 is 0.757 bits per heavy atom. The van der Waals surface area contributed by atoms with E-state index >= 15 is 0 Å². The highest BCUT2D eigenvalue weighted by Gasteiger charge is 2.23. The van der Waals surface area contributed by atoms with Gasteiger partial charge in [0.05, 0.1) is 11.1 Å². The molecule has 1 unspecified atom stereocenters. The molecule has 6 nitrogen and oxygen atoms in total. The molecule has 4 aromatic rings. The number of aromatic carboxylic acids is 1. The molecule has 0 saturated carbocycles. The number of thioether (sulfide) groups is 1. The summed E-state index contributed by atoms with van der Waals surface area (Å²) in [6.45, 7) is 3.98. The fourth-order valence-electron chi connectivity index (χ4n) is 3.87. The van der Waals surface area contributed by atoms with E-state index in [0.717, 1.165) is 27.3 Å². The fourth-order valence-corrected chi connectivity index (χ4v) is 4.90. The fraction of sp³-hybridized carbons (Fsp3) is 0.100. The summed E-state index contributed by atoms with van der Waals surface area (Å²) in [7, 11) is 0. The third-order valence-corrected chi connectivity index (χ3v) is 7.01. The second-order valence-electron chi connectivity index (χ2n) is 8.55. The zero-order valence-corrected chi connectivity index (χ0v) is 21.2. The van der Waals surface area contributed by atoms with Gasteiger partial charge in [0.25, 0.3) is 5.91 Å². The van der Waals surface area contributed by atoms with Crippen molar-refractivity contribution in [1.82, 2.24) is 0 Å². The standard InChI is InChI=1S/C30H26N2O4S/c1-19-12-17-26(20(2)18-19)32-29(34)27(21-8-4-3-5-9-21)37-23-15-13-22(14-16-23)31-28(33)24-10-6-7-11-25(24)30(35)36/h3-18,27H,1-2H3,(H,31,33)(H,32,34)(H,35,36). The highest BCUT2D eigenvalue weighted by Crippen LogP contribution is 2.37. The maximum Gasteiger partial charge on any atom is 0.336 e. The zero-order valence-electron chi connectivity index (χ0n) is 20.4. The Kier molecular flexibility index (Phi) is 8.05. The van der Waals surface area contributed by atoms with Crippen LogP contribution in [0.4, 0.5) is 11.4 Å². The van der Waals surface area contributed by atoms with E-state index in [1.165, 1.54) is 23.9 Å². The number of carboxylic acid groups (broad SMARTS) is 1. The molecular weight excluding hydrogens is 484 g/mol. The van der Waals surface area contributed by atoms with Crippen LogP contribution in [0, 0.1) is 13.8 Å². The van der Waals surface area contributed by atoms with Gasteiger partial charge in [-0.3, -0.25) is 9.59 Å². The van der Waals surface area contributed by atoms with Gasteiger partial charge in [-0.05, 0) is 67.4 Å². The first-order valence-electron chi connectivity index (χ1n) is 11.7. The van der Waals surface area contributed by atoms with Gasteiger partial charge in [0.1, 0.15) is 5.25 Å². The van der Waals surface area contributed by atoms with Gasteiger partial charge in [-0.2, -0.15) is 0 Å².